The van der Waals surface area contributed by atoms with Crippen molar-refractivity contribution in [2.45, 2.75) is 46.1 Å². The van der Waals surface area contributed by atoms with Crippen molar-refractivity contribution in [3.8, 4) is 0 Å². The van der Waals surface area contributed by atoms with Gasteiger partial charge in [-0.05, 0) is 46.7 Å². The fraction of sp³-hybridized carbons (Fsp3) is 0.909. The molecule has 1 unspecified atom stereocenters. The number of esters is 1. The zero-order chi connectivity index (χ0) is 11.2. The van der Waals surface area contributed by atoms with Crippen LogP contribution in [0.15, 0.2) is 0 Å². The van der Waals surface area contributed by atoms with Crippen molar-refractivity contribution in [3.63, 3.8) is 0 Å². The summed E-state index contributed by atoms with van der Waals surface area (Å²) < 4.78 is 5.21. The maximum absolute atomic E-state index is 11.3. The van der Waals surface area contributed by atoms with Gasteiger partial charge in [0.1, 0.15) is 5.60 Å². The molecule has 0 spiro atoms. The van der Waals surface area contributed by atoms with Crippen LogP contribution in [-0.4, -0.2) is 25.2 Å². The van der Waals surface area contributed by atoms with E-state index in [1.165, 1.54) is 0 Å². The second-order valence-corrected chi connectivity index (χ2v) is 4.79. The van der Waals surface area contributed by atoms with Crippen molar-refractivity contribution in [2.75, 3.05) is 13.6 Å². The van der Waals surface area contributed by atoms with Crippen LogP contribution in [0.5, 0.6) is 0 Å². The lowest BCUT2D eigenvalue weighted by Gasteiger charge is -2.20. The van der Waals surface area contributed by atoms with E-state index < -0.39 is 0 Å². The second kappa shape index (κ2) is 6.02. The highest BCUT2D eigenvalue weighted by molar-refractivity contribution is 5.69. The first-order valence-electron chi connectivity index (χ1n) is 5.21. The predicted octanol–water partition coefficient (Wildman–Crippen LogP) is 1.96. The quantitative estimate of drug-likeness (QED) is 0.691. The third-order valence-corrected chi connectivity index (χ3v) is 1.81. The third-order valence-electron chi connectivity index (χ3n) is 1.81. The molecule has 0 aliphatic rings. The fourth-order valence-corrected chi connectivity index (χ4v) is 1.21. The van der Waals surface area contributed by atoms with Crippen LogP contribution < -0.4 is 5.32 Å². The molecule has 0 amide bonds. The Balaban J connectivity index is 3.64. The van der Waals surface area contributed by atoms with Crippen LogP contribution in [0.25, 0.3) is 0 Å². The molecule has 0 aromatic heterocycles. The average molecular weight is 201 g/mol. The Morgan fingerprint density at radius 1 is 1.43 bits per heavy atom. The molecule has 1 atom stereocenters. The van der Waals surface area contributed by atoms with Crippen LogP contribution >= 0.6 is 0 Å². The number of carbonyl (C=O) groups is 1. The number of carbonyl (C=O) groups excluding carboxylic acids is 1. The van der Waals surface area contributed by atoms with E-state index in [-0.39, 0.29) is 11.6 Å². The van der Waals surface area contributed by atoms with Gasteiger partial charge >= 0.3 is 5.97 Å². The zero-order valence-corrected chi connectivity index (χ0v) is 10.0. The molecule has 0 rings (SSSR count). The van der Waals surface area contributed by atoms with Crippen molar-refractivity contribution in [1.29, 1.82) is 0 Å². The first kappa shape index (κ1) is 13.4. The Labute approximate surface area is 87.2 Å². The van der Waals surface area contributed by atoms with Gasteiger partial charge in [0.15, 0.2) is 0 Å². The fourth-order valence-electron chi connectivity index (χ4n) is 1.21. The molecule has 0 aliphatic carbocycles. The molecule has 3 heteroatoms. The lowest BCUT2D eigenvalue weighted by Crippen LogP contribution is -2.24. The average Bonchev–Trinajstić information content (AvgIpc) is 1.98. The van der Waals surface area contributed by atoms with E-state index >= 15 is 0 Å². The lowest BCUT2D eigenvalue weighted by atomic mass is 10.1. The van der Waals surface area contributed by atoms with E-state index in [0.717, 1.165) is 13.0 Å². The molecule has 3 nitrogen and oxygen atoms in total. The number of hydrogen-bond donors (Lipinski definition) is 1. The predicted molar refractivity (Wildman–Crippen MR) is 58.2 cm³/mol. The molecular weight excluding hydrogens is 178 g/mol. The van der Waals surface area contributed by atoms with Crippen molar-refractivity contribution >= 4 is 5.97 Å². The number of rotatable bonds is 5. The maximum Gasteiger partial charge on any atom is 0.306 e. The molecule has 0 bridgehead atoms. The Morgan fingerprint density at radius 2 is 2.00 bits per heavy atom. The van der Waals surface area contributed by atoms with E-state index in [1.54, 1.807) is 0 Å². The summed E-state index contributed by atoms with van der Waals surface area (Å²) in [4.78, 5) is 11.3. The van der Waals surface area contributed by atoms with Gasteiger partial charge in [-0.15, -0.1) is 0 Å². The first-order chi connectivity index (χ1) is 6.35. The molecule has 0 radical (unpaired) electrons. The van der Waals surface area contributed by atoms with Crippen LogP contribution in [0.3, 0.4) is 0 Å². The Hall–Kier alpha value is -0.570. The van der Waals surface area contributed by atoms with Crippen molar-refractivity contribution in [3.05, 3.63) is 0 Å². The highest BCUT2D eigenvalue weighted by atomic mass is 16.6. The Morgan fingerprint density at radius 3 is 2.43 bits per heavy atom. The summed E-state index contributed by atoms with van der Waals surface area (Å²) in [6, 6.07) is 0. The minimum absolute atomic E-state index is 0.0968. The van der Waals surface area contributed by atoms with Gasteiger partial charge in [-0.2, -0.15) is 0 Å². The molecule has 0 saturated carbocycles. The smallest absolute Gasteiger partial charge is 0.306 e. The standard InChI is InChI=1S/C11H23NO2/c1-9(8-12-5)6-7-10(13)14-11(2,3)4/h9,12H,6-8H2,1-5H3. The number of nitrogens with one attached hydrogen (secondary N) is 1. The Bertz CT molecular complexity index is 173. The summed E-state index contributed by atoms with van der Waals surface area (Å²) in [5.41, 5.74) is -0.358. The lowest BCUT2D eigenvalue weighted by molar-refractivity contribution is -0.155. The topological polar surface area (TPSA) is 38.3 Å². The maximum atomic E-state index is 11.3. The summed E-state index contributed by atoms with van der Waals surface area (Å²) >= 11 is 0. The van der Waals surface area contributed by atoms with Gasteiger partial charge in [0.05, 0.1) is 0 Å². The van der Waals surface area contributed by atoms with Crippen molar-refractivity contribution in [1.82, 2.24) is 5.32 Å². The van der Waals surface area contributed by atoms with E-state index in [2.05, 4.69) is 12.2 Å². The minimum atomic E-state index is -0.358. The van der Waals surface area contributed by atoms with Crippen LogP contribution in [-0.2, 0) is 9.53 Å². The molecule has 0 fully saturated rings. The van der Waals surface area contributed by atoms with E-state index in [1.807, 2.05) is 27.8 Å². The van der Waals surface area contributed by atoms with Gasteiger partial charge in [-0.3, -0.25) is 4.79 Å². The number of ether oxygens (including phenoxy) is 1. The van der Waals surface area contributed by atoms with Gasteiger partial charge < -0.3 is 10.1 Å². The van der Waals surface area contributed by atoms with Gasteiger partial charge in [-0.25, -0.2) is 0 Å². The van der Waals surface area contributed by atoms with Gasteiger partial charge in [0.2, 0.25) is 0 Å². The second-order valence-electron chi connectivity index (χ2n) is 4.79. The van der Waals surface area contributed by atoms with Crippen molar-refractivity contribution in [2.24, 2.45) is 5.92 Å². The van der Waals surface area contributed by atoms with Gasteiger partial charge in [0, 0.05) is 6.42 Å². The van der Waals surface area contributed by atoms with Crippen LogP contribution in [0, 0.1) is 5.92 Å². The molecule has 14 heavy (non-hydrogen) atoms. The normalized spacial score (nSPS) is 13.8. The highest BCUT2D eigenvalue weighted by Crippen LogP contribution is 2.11. The molecule has 84 valence electrons. The summed E-state index contributed by atoms with van der Waals surface area (Å²) in [6.45, 7) is 8.75. The monoisotopic (exact) mass is 201 g/mol. The highest BCUT2D eigenvalue weighted by Gasteiger charge is 2.16. The summed E-state index contributed by atoms with van der Waals surface area (Å²) in [5.74, 6) is 0.424. The van der Waals surface area contributed by atoms with Gasteiger partial charge in [-0.1, -0.05) is 6.92 Å². The Kier molecular flexibility index (Phi) is 5.77. The van der Waals surface area contributed by atoms with Crippen LogP contribution in [0.2, 0.25) is 0 Å². The van der Waals surface area contributed by atoms with E-state index in [4.69, 9.17) is 4.74 Å². The van der Waals surface area contributed by atoms with Gasteiger partial charge in [0.25, 0.3) is 0 Å². The molecule has 0 saturated heterocycles. The largest absolute Gasteiger partial charge is 0.460 e. The van der Waals surface area contributed by atoms with Crippen molar-refractivity contribution < 1.29 is 9.53 Å². The molecule has 0 aromatic rings. The van der Waals surface area contributed by atoms with Crippen LogP contribution in [0.4, 0.5) is 0 Å². The van der Waals surface area contributed by atoms with E-state index in [9.17, 15) is 4.79 Å². The van der Waals surface area contributed by atoms with Crippen LogP contribution in [0.1, 0.15) is 40.5 Å². The molecule has 0 aromatic carbocycles. The minimum Gasteiger partial charge on any atom is -0.460 e. The molecule has 0 aliphatic heterocycles. The molecule has 1 N–H and O–H groups in total. The third kappa shape index (κ3) is 8.05. The first-order valence-corrected chi connectivity index (χ1v) is 5.21. The number of hydrogen-bond acceptors (Lipinski definition) is 3. The zero-order valence-electron chi connectivity index (χ0n) is 10.0. The molecule has 0 heterocycles. The summed E-state index contributed by atoms with van der Waals surface area (Å²) in [7, 11) is 1.92. The van der Waals surface area contributed by atoms with E-state index in [0.29, 0.717) is 12.3 Å². The summed E-state index contributed by atoms with van der Waals surface area (Å²) in [5, 5.41) is 3.09. The SMILES string of the molecule is CNCC(C)CCC(=O)OC(C)(C)C. The molecular formula is C11H23NO2. The summed E-state index contributed by atoms with van der Waals surface area (Å²) in [6.07, 6.45) is 1.40.